The number of nitrogens with zero attached hydrogens (tertiary/aromatic N) is 3. The van der Waals surface area contributed by atoms with E-state index in [1.54, 1.807) is 6.07 Å². The number of ether oxygens (including phenoxy) is 1. The third-order valence-electron chi connectivity index (χ3n) is 5.85. The summed E-state index contributed by atoms with van der Waals surface area (Å²) in [5.41, 5.74) is 1.85. The topological polar surface area (TPSA) is 113 Å². The number of aliphatic hydroxyl groups excluding tert-OH is 3. The van der Waals surface area contributed by atoms with Crippen molar-refractivity contribution in [3.63, 3.8) is 0 Å². The van der Waals surface area contributed by atoms with Crippen LogP contribution in [0.25, 0.3) is 11.0 Å². The number of nitrogens with one attached hydrogen (secondary N) is 1. The molecule has 0 bridgehead atoms. The summed E-state index contributed by atoms with van der Waals surface area (Å²) < 4.78 is 34.8. The highest BCUT2D eigenvalue weighted by Gasteiger charge is 2.44. The monoisotopic (exact) mass is 452 g/mol. The lowest BCUT2D eigenvalue weighted by Crippen LogP contribution is -2.33. The molecular weight excluding hydrogens is 434 g/mol. The maximum atomic E-state index is 14.4. The zero-order valence-corrected chi connectivity index (χ0v) is 16.8. The number of anilines is 1. The molecule has 1 aromatic carbocycles. The number of hydrogen-bond acceptors (Lipinski definition) is 7. The molecule has 8 nitrogen and oxygen atoms in total. The fourth-order valence-electron chi connectivity index (χ4n) is 4.39. The summed E-state index contributed by atoms with van der Waals surface area (Å²) in [4.78, 5) is 4.27. The van der Waals surface area contributed by atoms with Crippen LogP contribution in [0, 0.1) is 11.6 Å². The number of aliphatic hydroxyl groups is 3. The lowest BCUT2D eigenvalue weighted by Gasteiger charge is -2.18. The van der Waals surface area contributed by atoms with Crippen LogP contribution in [0.1, 0.15) is 29.8 Å². The molecule has 2 aliphatic rings. The van der Waals surface area contributed by atoms with E-state index in [1.807, 2.05) is 0 Å². The predicted octanol–water partition coefficient (Wildman–Crippen LogP) is 2.07. The smallest absolute Gasteiger partial charge is 0.181 e. The molecule has 164 valence electrons. The third-order valence-corrected chi connectivity index (χ3v) is 6.05. The first-order valence-electron chi connectivity index (χ1n) is 9.78. The average Bonchev–Trinajstić information content (AvgIpc) is 3.39. The highest BCUT2D eigenvalue weighted by Crippen LogP contribution is 2.39. The second-order valence-electron chi connectivity index (χ2n) is 7.74. The molecule has 0 unspecified atom stereocenters. The maximum Gasteiger partial charge on any atom is 0.181 e. The van der Waals surface area contributed by atoms with Crippen molar-refractivity contribution in [1.29, 1.82) is 0 Å². The molecule has 3 heterocycles. The SMILES string of the molecule is OC[C@H]1O[C@@H](n2ncc3c(N[C@@H]4CCc5cc(F)cc(F)c54)cc(Cl)nc32)[C@H](O)[C@@H]1O. The van der Waals surface area contributed by atoms with Crippen LogP contribution in [0.4, 0.5) is 14.5 Å². The van der Waals surface area contributed by atoms with Gasteiger partial charge in [-0.05, 0) is 30.5 Å². The van der Waals surface area contributed by atoms with Crippen molar-refractivity contribution in [2.45, 2.75) is 43.4 Å². The van der Waals surface area contributed by atoms with Gasteiger partial charge in [0, 0.05) is 11.6 Å². The molecular formula is C20H19ClF2N4O4. The second kappa shape index (κ2) is 7.64. The second-order valence-corrected chi connectivity index (χ2v) is 8.13. The molecule has 0 spiro atoms. The third kappa shape index (κ3) is 3.35. The van der Waals surface area contributed by atoms with Crippen LogP contribution in [0.3, 0.4) is 0 Å². The largest absolute Gasteiger partial charge is 0.394 e. The minimum Gasteiger partial charge on any atom is -0.394 e. The first-order valence-corrected chi connectivity index (χ1v) is 10.2. The van der Waals surface area contributed by atoms with Gasteiger partial charge in [-0.2, -0.15) is 5.10 Å². The van der Waals surface area contributed by atoms with E-state index >= 15 is 0 Å². The molecule has 0 radical (unpaired) electrons. The van der Waals surface area contributed by atoms with Crippen LogP contribution in [0.5, 0.6) is 0 Å². The first-order chi connectivity index (χ1) is 14.9. The maximum absolute atomic E-state index is 14.4. The standard InChI is InChI=1S/C20H19ClF2N4O4/c21-15-5-13(25-12-2-1-8-3-9(22)4-11(23)16(8)12)10-6-24-27(19(10)26-15)20-18(30)17(29)14(7-28)31-20/h3-6,12,14,17-18,20,28-30H,1-2,7H2,(H,25,26)/t12-,14-,17-,18-,20-/m1/s1. The van der Waals surface area contributed by atoms with E-state index in [-0.39, 0.29) is 10.8 Å². The number of aryl methyl sites for hydroxylation is 1. The highest BCUT2D eigenvalue weighted by atomic mass is 35.5. The van der Waals surface area contributed by atoms with Gasteiger partial charge in [-0.1, -0.05) is 11.6 Å². The number of hydrogen-bond donors (Lipinski definition) is 4. The van der Waals surface area contributed by atoms with Gasteiger partial charge in [0.05, 0.1) is 29.9 Å². The summed E-state index contributed by atoms with van der Waals surface area (Å²) in [7, 11) is 0. The van der Waals surface area contributed by atoms with E-state index in [0.29, 0.717) is 35.0 Å². The van der Waals surface area contributed by atoms with Crippen molar-refractivity contribution in [2.24, 2.45) is 0 Å². The molecule has 1 aliphatic heterocycles. The number of pyridine rings is 1. The summed E-state index contributed by atoms with van der Waals surface area (Å²) in [6, 6.07) is 3.39. The quantitative estimate of drug-likeness (QED) is 0.448. The molecule has 0 saturated carbocycles. The van der Waals surface area contributed by atoms with Gasteiger partial charge in [-0.25, -0.2) is 18.4 Å². The van der Waals surface area contributed by atoms with Gasteiger partial charge < -0.3 is 25.4 Å². The number of halogens is 3. The van der Waals surface area contributed by atoms with Crippen molar-refractivity contribution in [2.75, 3.05) is 11.9 Å². The Morgan fingerprint density at radius 3 is 2.77 bits per heavy atom. The molecule has 4 N–H and O–H groups in total. The van der Waals surface area contributed by atoms with Crippen LogP contribution in [0.15, 0.2) is 24.4 Å². The Labute approximate surface area is 180 Å². The molecule has 1 fully saturated rings. The predicted molar refractivity (Wildman–Crippen MR) is 107 cm³/mol. The van der Waals surface area contributed by atoms with Crippen molar-refractivity contribution in [3.8, 4) is 0 Å². The minimum atomic E-state index is -1.33. The number of benzene rings is 1. The van der Waals surface area contributed by atoms with Gasteiger partial charge in [0.25, 0.3) is 0 Å². The Hall–Kier alpha value is -2.37. The van der Waals surface area contributed by atoms with Crippen LogP contribution >= 0.6 is 11.6 Å². The van der Waals surface area contributed by atoms with Crippen LogP contribution < -0.4 is 5.32 Å². The van der Waals surface area contributed by atoms with Gasteiger partial charge in [0.15, 0.2) is 11.9 Å². The Bertz CT molecular complexity index is 1160. The van der Waals surface area contributed by atoms with Gasteiger partial charge in [0.2, 0.25) is 0 Å². The summed E-state index contributed by atoms with van der Waals surface area (Å²) in [6.45, 7) is -0.470. The van der Waals surface area contributed by atoms with Crippen LogP contribution in [-0.4, -0.2) is 55.0 Å². The van der Waals surface area contributed by atoms with Gasteiger partial charge >= 0.3 is 0 Å². The normalized spacial score (nSPS) is 27.7. The molecule has 11 heteroatoms. The summed E-state index contributed by atoms with van der Waals surface area (Å²) >= 11 is 6.21. The zero-order chi connectivity index (χ0) is 21.9. The number of rotatable bonds is 4. The minimum absolute atomic E-state index is 0.126. The zero-order valence-electron chi connectivity index (χ0n) is 16.0. The molecule has 5 atom stereocenters. The number of fused-ring (bicyclic) bond motifs is 2. The fourth-order valence-corrected chi connectivity index (χ4v) is 4.58. The van der Waals surface area contributed by atoms with Crippen molar-refractivity contribution >= 4 is 28.3 Å². The van der Waals surface area contributed by atoms with Gasteiger partial charge in [0.1, 0.15) is 35.1 Å². The lowest BCUT2D eigenvalue weighted by molar-refractivity contribution is -0.0566. The van der Waals surface area contributed by atoms with Crippen molar-refractivity contribution in [3.05, 3.63) is 52.3 Å². The average molecular weight is 453 g/mol. The van der Waals surface area contributed by atoms with Crippen molar-refractivity contribution in [1.82, 2.24) is 14.8 Å². The van der Waals surface area contributed by atoms with Gasteiger partial charge in [-0.3, -0.25) is 0 Å². The molecule has 2 aromatic heterocycles. The fraction of sp³-hybridized carbons (Fsp3) is 0.400. The van der Waals surface area contributed by atoms with E-state index in [9.17, 15) is 24.1 Å². The Kier molecular flexibility index (Phi) is 5.06. The molecule has 31 heavy (non-hydrogen) atoms. The molecule has 3 aromatic rings. The van der Waals surface area contributed by atoms with E-state index in [2.05, 4.69) is 15.4 Å². The molecule has 5 rings (SSSR count). The summed E-state index contributed by atoms with van der Waals surface area (Å²) in [5.74, 6) is -1.21. The van der Waals surface area contributed by atoms with E-state index in [1.165, 1.54) is 16.9 Å². The van der Waals surface area contributed by atoms with Crippen LogP contribution in [0.2, 0.25) is 5.15 Å². The summed E-state index contributed by atoms with van der Waals surface area (Å²) in [6.07, 6.45) is -2.06. The lowest BCUT2D eigenvalue weighted by atomic mass is 10.1. The molecule has 0 amide bonds. The molecule has 1 saturated heterocycles. The van der Waals surface area contributed by atoms with E-state index < -0.39 is 48.8 Å². The Morgan fingerprint density at radius 1 is 1.23 bits per heavy atom. The summed E-state index contributed by atoms with van der Waals surface area (Å²) in [5, 5.41) is 37.8. The Morgan fingerprint density at radius 2 is 2.03 bits per heavy atom. The van der Waals surface area contributed by atoms with E-state index in [0.717, 1.165) is 6.07 Å². The van der Waals surface area contributed by atoms with Crippen LogP contribution in [-0.2, 0) is 11.2 Å². The first kappa shape index (κ1) is 20.5. The van der Waals surface area contributed by atoms with Crippen molar-refractivity contribution < 1.29 is 28.8 Å². The molecule has 1 aliphatic carbocycles. The highest BCUT2D eigenvalue weighted by molar-refractivity contribution is 6.30. The Balaban J connectivity index is 1.51. The number of aromatic nitrogens is 3. The van der Waals surface area contributed by atoms with E-state index in [4.69, 9.17) is 16.3 Å². The van der Waals surface area contributed by atoms with Gasteiger partial charge in [-0.15, -0.1) is 0 Å².